The molecule has 0 amide bonds. The third kappa shape index (κ3) is 4.80. The van der Waals surface area contributed by atoms with E-state index in [-0.39, 0.29) is 0 Å². The minimum absolute atomic E-state index is 0.489. The number of rotatable bonds is 9. The van der Waals surface area contributed by atoms with E-state index in [4.69, 9.17) is 0 Å². The van der Waals surface area contributed by atoms with Gasteiger partial charge in [-0.15, -0.1) is 0 Å². The monoisotopic (exact) mass is 286 g/mol. The molecule has 2 nitrogen and oxygen atoms in total. The SMILES string of the molecule is CCCCCCCCCC1N(C)C=CN1c1ccccc1. The molecule has 1 heterocycles. The molecule has 2 heteroatoms. The van der Waals surface area contributed by atoms with E-state index in [2.05, 4.69) is 66.5 Å². The van der Waals surface area contributed by atoms with Crippen LogP contribution in [0.3, 0.4) is 0 Å². The van der Waals surface area contributed by atoms with Crippen molar-refractivity contribution in [2.45, 2.75) is 64.5 Å². The van der Waals surface area contributed by atoms with Crippen LogP contribution in [0.1, 0.15) is 58.3 Å². The van der Waals surface area contributed by atoms with Crippen molar-refractivity contribution >= 4 is 5.69 Å². The zero-order chi connectivity index (χ0) is 14.9. The van der Waals surface area contributed by atoms with E-state index < -0.39 is 0 Å². The molecule has 21 heavy (non-hydrogen) atoms. The number of anilines is 1. The highest BCUT2D eigenvalue weighted by Crippen LogP contribution is 2.26. The summed E-state index contributed by atoms with van der Waals surface area (Å²) >= 11 is 0. The second-order valence-corrected chi connectivity index (χ2v) is 6.10. The molecule has 1 aromatic carbocycles. The number of hydrogen-bond acceptors (Lipinski definition) is 2. The van der Waals surface area contributed by atoms with Crippen molar-refractivity contribution in [1.82, 2.24) is 4.90 Å². The highest BCUT2D eigenvalue weighted by molar-refractivity contribution is 5.51. The summed E-state index contributed by atoms with van der Waals surface area (Å²) in [5.74, 6) is 0. The number of benzene rings is 1. The van der Waals surface area contributed by atoms with E-state index in [1.54, 1.807) is 0 Å². The van der Waals surface area contributed by atoms with Crippen LogP contribution in [0.5, 0.6) is 0 Å². The zero-order valence-corrected chi connectivity index (χ0v) is 13.7. The van der Waals surface area contributed by atoms with E-state index in [1.165, 1.54) is 57.1 Å². The number of nitrogens with zero attached hydrogens (tertiary/aromatic N) is 2. The van der Waals surface area contributed by atoms with Crippen molar-refractivity contribution < 1.29 is 0 Å². The third-order valence-electron chi connectivity index (χ3n) is 4.37. The average molecular weight is 286 g/mol. The van der Waals surface area contributed by atoms with Crippen LogP contribution in [0, 0.1) is 0 Å². The van der Waals surface area contributed by atoms with Crippen LogP contribution in [0.2, 0.25) is 0 Å². The van der Waals surface area contributed by atoms with Gasteiger partial charge in [0.05, 0.1) is 0 Å². The van der Waals surface area contributed by atoms with E-state index in [1.807, 2.05) is 0 Å². The highest BCUT2D eigenvalue weighted by Gasteiger charge is 2.23. The van der Waals surface area contributed by atoms with Crippen LogP contribution < -0.4 is 4.90 Å². The van der Waals surface area contributed by atoms with Gasteiger partial charge < -0.3 is 9.80 Å². The largest absolute Gasteiger partial charge is 0.359 e. The molecule has 0 bridgehead atoms. The van der Waals surface area contributed by atoms with Crippen LogP contribution in [0.25, 0.3) is 0 Å². The summed E-state index contributed by atoms with van der Waals surface area (Å²) in [6.45, 7) is 2.28. The minimum Gasteiger partial charge on any atom is -0.359 e. The predicted octanol–water partition coefficient (Wildman–Crippen LogP) is 5.38. The maximum Gasteiger partial charge on any atom is 0.105 e. The van der Waals surface area contributed by atoms with Crippen molar-refractivity contribution in [1.29, 1.82) is 0 Å². The summed E-state index contributed by atoms with van der Waals surface area (Å²) in [7, 11) is 2.19. The van der Waals surface area contributed by atoms with Crippen molar-refractivity contribution in [3.8, 4) is 0 Å². The first kappa shape index (κ1) is 15.9. The Labute approximate surface area is 130 Å². The van der Waals surface area contributed by atoms with E-state index in [0.29, 0.717) is 6.17 Å². The van der Waals surface area contributed by atoms with Gasteiger partial charge in [-0.3, -0.25) is 0 Å². The minimum atomic E-state index is 0.489. The first-order valence-electron chi connectivity index (χ1n) is 8.56. The van der Waals surface area contributed by atoms with Gasteiger partial charge in [-0.2, -0.15) is 0 Å². The molecule has 1 atom stereocenters. The van der Waals surface area contributed by atoms with Gasteiger partial charge in [0.25, 0.3) is 0 Å². The molecule has 116 valence electrons. The Morgan fingerprint density at radius 1 is 0.857 bits per heavy atom. The summed E-state index contributed by atoms with van der Waals surface area (Å²) in [5.41, 5.74) is 1.30. The van der Waals surface area contributed by atoms with Gasteiger partial charge >= 0.3 is 0 Å². The topological polar surface area (TPSA) is 6.48 Å². The Bertz CT molecular complexity index is 413. The second-order valence-electron chi connectivity index (χ2n) is 6.10. The fourth-order valence-electron chi connectivity index (χ4n) is 3.06. The molecule has 0 aromatic heterocycles. The highest BCUT2D eigenvalue weighted by atomic mass is 15.4. The molecule has 2 rings (SSSR count). The predicted molar refractivity (Wildman–Crippen MR) is 92.2 cm³/mol. The molecule has 0 saturated carbocycles. The van der Waals surface area contributed by atoms with Crippen LogP contribution in [-0.4, -0.2) is 18.1 Å². The van der Waals surface area contributed by atoms with Crippen LogP contribution in [0.15, 0.2) is 42.7 Å². The lowest BCUT2D eigenvalue weighted by atomic mass is 10.1. The van der Waals surface area contributed by atoms with Crippen LogP contribution in [-0.2, 0) is 0 Å². The molecular formula is C19H30N2. The Balaban J connectivity index is 1.73. The molecular weight excluding hydrogens is 256 g/mol. The van der Waals surface area contributed by atoms with E-state index >= 15 is 0 Å². The van der Waals surface area contributed by atoms with Gasteiger partial charge in [0, 0.05) is 25.1 Å². The summed E-state index contributed by atoms with van der Waals surface area (Å²) in [4.78, 5) is 4.74. The Morgan fingerprint density at radius 2 is 1.52 bits per heavy atom. The molecule has 1 unspecified atom stereocenters. The smallest absolute Gasteiger partial charge is 0.105 e. The van der Waals surface area contributed by atoms with Gasteiger partial charge in [-0.05, 0) is 25.0 Å². The Hall–Kier alpha value is -1.44. The molecule has 0 fully saturated rings. The maximum atomic E-state index is 2.40. The summed E-state index contributed by atoms with van der Waals surface area (Å²) < 4.78 is 0. The van der Waals surface area contributed by atoms with Gasteiger partial charge in [0.1, 0.15) is 6.17 Å². The Kier molecular flexibility index (Phi) is 6.65. The second kappa shape index (κ2) is 8.76. The maximum absolute atomic E-state index is 2.40. The van der Waals surface area contributed by atoms with Crippen molar-refractivity contribution in [3.63, 3.8) is 0 Å². The molecule has 0 saturated heterocycles. The lowest BCUT2D eigenvalue weighted by molar-refractivity contribution is 0.329. The molecule has 0 N–H and O–H groups in total. The molecule has 1 aliphatic heterocycles. The summed E-state index contributed by atoms with van der Waals surface area (Å²) in [6.07, 6.45) is 15.8. The first-order valence-corrected chi connectivity index (χ1v) is 8.56. The van der Waals surface area contributed by atoms with Gasteiger partial charge in [0.2, 0.25) is 0 Å². The van der Waals surface area contributed by atoms with Crippen molar-refractivity contribution in [3.05, 3.63) is 42.7 Å². The zero-order valence-electron chi connectivity index (χ0n) is 13.7. The number of unbranched alkanes of at least 4 members (excludes halogenated alkanes) is 6. The molecule has 0 aliphatic carbocycles. The summed E-state index contributed by atoms with van der Waals surface area (Å²) in [5, 5.41) is 0. The van der Waals surface area contributed by atoms with Crippen LogP contribution >= 0.6 is 0 Å². The van der Waals surface area contributed by atoms with Crippen molar-refractivity contribution in [2.24, 2.45) is 0 Å². The normalized spacial score (nSPS) is 17.7. The standard InChI is InChI=1S/C19H30N2/c1-3-4-5-6-7-8-12-15-19-20(2)16-17-21(19)18-13-10-9-11-14-18/h9-11,13-14,16-17,19H,3-8,12,15H2,1-2H3. The summed E-state index contributed by atoms with van der Waals surface area (Å²) in [6, 6.07) is 10.7. The molecule has 1 aromatic rings. The lowest BCUT2D eigenvalue weighted by Gasteiger charge is -2.30. The van der Waals surface area contributed by atoms with Crippen LogP contribution in [0.4, 0.5) is 5.69 Å². The Morgan fingerprint density at radius 3 is 2.24 bits per heavy atom. The van der Waals surface area contributed by atoms with Gasteiger partial charge in [-0.1, -0.05) is 63.6 Å². The fourth-order valence-corrected chi connectivity index (χ4v) is 3.06. The quantitative estimate of drug-likeness (QED) is 0.563. The number of para-hydroxylation sites is 1. The number of hydrogen-bond donors (Lipinski definition) is 0. The van der Waals surface area contributed by atoms with E-state index in [0.717, 1.165) is 0 Å². The average Bonchev–Trinajstić information content (AvgIpc) is 2.88. The first-order chi connectivity index (χ1) is 10.3. The van der Waals surface area contributed by atoms with Gasteiger partial charge in [-0.25, -0.2) is 0 Å². The molecule has 0 spiro atoms. The van der Waals surface area contributed by atoms with Crippen molar-refractivity contribution in [2.75, 3.05) is 11.9 Å². The fraction of sp³-hybridized carbons (Fsp3) is 0.579. The molecule has 1 aliphatic rings. The van der Waals surface area contributed by atoms with Gasteiger partial charge in [0.15, 0.2) is 0 Å². The van der Waals surface area contributed by atoms with E-state index in [9.17, 15) is 0 Å². The lowest BCUT2D eigenvalue weighted by Crippen LogP contribution is -2.36. The molecule has 0 radical (unpaired) electrons. The third-order valence-corrected chi connectivity index (χ3v) is 4.37.